The second-order valence-corrected chi connectivity index (χ2v) is 6.77. The smallest absolute Gasteiger partial charge is 0.119 e. The molecule has 4 nitrogen and oxygen atoms in total. The number of unbranched alkanes of at least 4 members (excludes halogenated alkanes) is 2. The molecule has 0 saturated carbocycles. The van der Waals surface area contributed by atoms with Crippen LogP contribution in [0.1, 0.15) is 37.0 Å². The fourth-order valence-corrected chi connectivity index (χ4v) is 3.39. The Bertz CT molecular complexity index is 671. The lowest BCUT2D eigenvalue weighted by Gasteiger charge is -2.15. The predicted molar refractivity (Wildman–Crippen MR) is 101 cm³/mol. The Morgan fingerprint density at radius 3 is 2.54 bits per heavy atom. The molecule has 3 rings (SSSR count). The van der Waals surface area contributed by atoms with Gasteiger partial charge < -0.3 is 9.84 Å². The van der Waals surface area contributed by atoms with E-state index in [0.29, 0.717) is 0 Å². The number of phenols is 1. The minimum atomic E-state index is 0.163. The maximum absolute atomic E-state index is 9.38. The number of anilines is 1. The molecule has 0 bridgehead atoms. The average molecular weight is 342 g/mol. The molecule has 2 aromatic rings. The number of ether oxygens (including phenoxy) is 1. The third-order valence-corrected chi connectivity index (χ3v) is 4.94. The quantitative estimate of drug-likeness (QED) is 0.558. The monoisotopic (exact) mass is 342 g/mol. The average Bonchev–Trinajstić information content (AvgIpc) is 3.10. The Hall–Kier alpha value is -2.14. The second-order valence-electron chi connectivity index (χ2n) is 5.70. The molecule has 126 valence electrons. The van der Waals surface area contributed by atoms with Gasteiger partial charge in [0.25, 0.3) is 0 Å². The molecule has 0 saturated heterocycles. The molecule has 1 heterocycles. The largest absolute Gasteiger partial charge is 0.508 e. The van der Waals surface area contributed by atoms with Crippen LogP contribution in [0.3, 0.4) is 0 Å². The molecule has 0 aromatic heterocycles. The SMILES string of the molecule is CCCCCOc1ccc(N2N=CC(c3ccc(O)cc3)S2)cc1. The van der Waals surface area contributed by atoms with Crippen LogP contribution in [-0.4, -0.2) is 17.9 Å². The van der Waals surface area contributed by atoms with E-state index < -0.39 is 0 Å². The van der Waals surface area contributed by atoms with E-state index in [1.807, 2.05) is 47.0 Å². The first-order chi connectivity index (χ1) is 11.8. The van der Waals surface area contributed by atoms with E-state index in [0.717, 1.165) is 30.0 Å². The summed E-state index contributed by atoms with van der Waals surface area (Å²) in [7, 11) is 0. The van der Waals surface area contributed by atoms with Crippen LogP contribution in [0.4, 0.5) is 5.69 Å². The highest BCUT2D eigenvalue weighted by Crippen LogP contribution is 2.39. The highest BCUT2D eigenvalue weighted by molar-refractivity contribution is 8.01. The lowest BCUT2D eigenvalue weighted by molar-refractivity contribution is 0.306. The first-order valence-electron chi connectivity index (χ1n) is 8.29. The Kier molecular flexibility index (Phi) is 5.64. The molecule has 5 heteroatoms. The molecular formula is C19H22N2O2S. The zero-order valence-corrected chi connectivity index (χ0v) is 14.6. The number of rotatable bonds is 7. The van der Waals surface area contributed by atoms with Crippen molar-refractivity contribution in [3.8, 4) is 11.5 Å². The van der Waals surface area contributed by atoms with Gasteiger partial charge in [0.15, 0.2) is 0 Å². The predicted octanol–water partition coefficient (Wildman–Crippen LogP) is 5.16. The topological polar surface area (TPSA) is 45.1 Å². The molecule has 0 spiro atoms. The molecule has 1 atom stereocenters. The third-order valence-electron chi connectivity index (χ3n) is 3.82. The summed E-state index contributed by atoms with van der Waals surface area (Å²) in [6, 6.07) is 15.3. The van der Waals surface area contributed by atoms with Crippen LogP contribution >= 0.6 is 11.9 Å². The number of nitrogens with zero attached hydrogens (tertiary/aromatic N) is 2. The molecule has 24 heavy (non-hydrogen) atoms. The Morgan fingerprint density at radius 1 is 1.08 bits per heavy atom. The highest BCUT2D eigenvalue weighted by atomic mass is 32.2. The highest BCUT2D eigenvalue weighted by Gasteiger charge is 2.21. The lowest BCUT2D eigenvalue weighted by Crippen LogP contribution is -2.02. The maximum atomic E-state index is 9.38. The zero-order valence-electron chi connectivity index (χ0n) is 13.8. The molecule has 1 aliphatic heterocycles. The molecule has 0 aliphatic carbocycles. The van der Waals surface area contributed by atoms with E-state index in [1.54, 1.807) is 24.1 Å². The van der Waals surface area contributed by atoms with E-state index in [9.17, 15) is 5.11 Å². The second kappa shape index (κ2) is 8.11. The van der Waals surface area contributed by atoms with Crippen LogP contribution in [0.15, 0.2) is 53.6 Å². The van der Waals surface area contributed by atoms with Crippen LogP contribution in [-0.2, 0) is 0 Å². The van der Waals surface area contributed by atoms with Gasteiger partial charge in [0, 0.05) is 6.21 Å². The number of hydrogen-bond donors (Lipinski definition) is 1. The van der Waals surface area contributed by atoms with Crippen LogP contribution in [0.2, 0.25) is 0 Å². The number of benzene rings is 2. The maximum Gasteiger partial charge on any atom is 0.119 e. The van der Waals surface area contributed by atoms with E-state index >= 15 is 0 Å². The fourth-order valence-electron chi connectivity index (χ4n) is 2.43. The molecule has 1 aliphatic rings. The van der Waals surface area contributed by atoms with Gasteiger partial charge in [0.1, 0.15) is 11.5 Å². The summed E-state index contributed by atoms with van der Waals surface area (Å²) in [5, 5.41) is 14.0. The number of phenolic OH excluding ortho intramolecular Hbond substituents is 1. The lowest BCUT2D eigenvalue weighted by atomic mass is 10.1. The van der Waals surface area contributed by atoms with Crippen LogP contribution in [0, 0.1) is 0 Å². The van der Waals surface area contributed by atoms with Crippen molar-refractivity contribution in [3.63, 3.8) is 0 Å². The standard InChI is InChI=1S/C19H22N2O2S/c1-2-3-4-13-23-18-11-7-16(8-12-18)21-20-14-19(24-21)15-5-9-17(22)10-6-15/h5-12,14,19,22H,2-4,13H2,1H3. The Labute approximate surface area is 147 Å². The number of aromatic hydroxyl groups is 1. The van der Waals surface area contributed by atoms with Gasteiger partial charge in [-0.05, 0) is 60.3 Å². The Balaban J connectivity index is 1.56. The van der Waals surface area contributed by atoms with Crippen molar-refractivity contribution >= 4 is 23.8 Å². The Morgan fingerprint density at radius 2 is 1.83 bits per heavy atom. The number of hydrazone groups is 1. The van der Waals surface area contributed by atoms with E-state index in [-0.39, 0.29) is 11.0 Å². The van der Waals surface area contributed by atoms with Gasteiger partial charge in [-0.25, -0.2) is 4.41 Å². The summed E-state index contributed by atoms with van der Waals surface area (Å²) in [6.07, 6.45) is 5.43. The molecular weight excluding hydrogens is 320 g/mol. The van der Waals surface area contributed by atoms with Crippen molar-refractivity contribution in [3.05, 3.63) is 54.1 Å². The number of hydrogen-bond acceptors (Lipinski definition) is 5. The minimum absolute atomic E-state index is 0.163. The van der Waals surface area contributed by atoms with E-state index in [4.69, 9.17) is 4.74 Å². The fraction of sp³-hybridized carbons (Fsp3) is 0.316. The summed E-state index contributed by atoms with van der Waals surface area (Å²) in [5.74, 6) is 1.18. The van der Waals surface area contributed by atoms with Crippen molar-refractivity contribution < 1.29 is 9.84 Å². The van der Waals surface area contributed by atoms with Gasteiger partial charge in [0.2, 0.25) is 0 Å². The molecule has 0 fully saturated rings. The third kappa shape index (κ3) is 4.23. The van der Waals surface area contributed by atoms with Crippen molar-refractivity contribution in [2.45, 2.75) is 31.4 Å². The van der Waals surface area contributed by atoms with E-state index in [1.165, 1.54) is 12.8 Å². The van der Waals surface area contributed by atoms with Gasteiger partial charge >= 0.3 is 0 Å². The summed E-state index contributed by atoms with van der Waals surface area (Å²) in [6.45, 7) is 2.96. The van der Waals surface area contributed by atoms with Gasteiger partial charge in [-0.2, -0.15) is 5.10 Å². The zero-order chi connectivity index (χ0) is 16.8. The minimum Gasteiger partial charge on any atom is -0.508 e. The van der Waals surface area contributed by atoms with Gasteiger partial charge in [-0.15, -0.1) is 0 Å². The van der Waals surface area contributed by atoms with Crippen molar-refractivity contribution in [1.29, 1.82) is 0 Å². The first kappa shape index (κ1) is 16.7. The van der Waals surface area contributed by atoms with Crippen LogP contribution < -0.4 is 9.15 Å². The van der Waals surface area contributed by atoms with Crippen molar-refractivity contribution in [1.82, 2.24) is 0 Å². The van der Waals surface area contributed by atoms with Crippen LogP contribution in [0.5, 0.6) is 11.5 Å². The van der Waals surface area contributed by atoms with Gasteiger partial charge in [0.05, 0.1) is 17.5 Å². The van der Waals surface area contributed by atoms with Crippen molar-refractivity contribution in [2.75, 3.05) is 11.0 Å². The molecule has 2 aromatic carbocycles. The molecule has 0 amide bonds. The van der Waals surface area contributed by atoms with Crippen molar-refractivity contribution in [2.24, 2.45) is 5.10 Å². The van der Waals surface area contributed by atoms with Crippen LogP contribution in [0.25, 0.3) is 0 Å². The molecule has 1 unspecified atom stereocenters. The molecule has 0 radical (unpaired) electrons. The van der Waals surface area contributed by atoms with Gasteiger partial charge in [-0.3, -0.25) is 0 Å². The summed E-state index contributed by atoms with van der Waals surface area (Å²) >= 11 is 1.64. The summed E-state index contributed by atoms with van der Waals surface area (Å²) in [4.78, 5) is 0. The molecule has 1 N–H and O–H groups in total. The first-order valence-corrected chi connectivity index (χ1v) is 9.12. The van der Waals surface area contributed by atoms with Gasteiger partial charge in [-0.1, -0.05) is 31.9 Å². The normalized spacial score (nSPS) is 16.5. The van der Waals surface area contributed by atoms with E-state index in [2.05, 4.69) is 12.0 Å². The summed E-state index contributed by atoms with van der Waals surface area (Å²) in [5.41, 5.74) is 2.15. The summed E-state index contributed by atoms with van der Waals surface area (Å²) < 4.78 is 7.65.